The topological polar surface area (TPSA) is 97.2 Å². The van der Waals surface area contributed by atoms with Gasteiger partial charge in [0.15, 0.2) is 0 Å². The third-order valence-corrected chi connectivity index (χ3v) is 3.57. The van der Waals surface area contributed by atoms with Gasteiger partial charge in [-0.05, 0) is 45.7 Å². The van der Waals surface area contributed by atoms with Gasteiger partial charge >= 0.3 is 5.97 Å². The van der Waals surface area contributed by atoms with E-state index in [-0.39, 0.29) is 5.91 Å². The quantitative estimate of drug-likeness (QED) is 0.729. The second-order valence-electron chi connectivity index (χ2n) is 6.93. The molecule has 0 spiro atoms. The fourth-order valence-electron chi connectivity index (χ4n) is 2.40. The summed E-state index contributed by atoms with van der Waals surface area (Å²) in [5.41, 5.74) is 7.37. The van der Waals surface area contributed by atoms with Gasteiger partial charge in [0.05, 0.1) is 6.04 Å². The summed E-state index contributed by atoms with van der Waals surface area (Å²) in [5, 5.41) is 3.66. The van der Waals surface area contributed by atoms with Gasteiger partial charge in [0.2, 0.25) is 5.91 Å². The molecule has 1 heterocycles. The van der Waals surface area contributed by atoms with Crippen molar-refractivity contribution < 1.29 is 14.3 Å². The molecule has 0 aliphatic rings. The van der Waals surface area contributed by atoms with Gasteiger partial charge < -0.3 is 20.8 Å². The van der Waals surface area contributed by atoms with Gasteiger partial charge in [-0.2, -0.15) is 0 Å². The fraction of sp³-hybridized carbons (Fsp3) is 0.444. The van der Waals surface area contributed by atoms with Crippen molar-refractivity contribution in [2.75, 3.05) is 0 Å². The normalized spacial score (nSPS) is 14.2. The Morgan fingerprint density at radius 2 is 1.96 bits per heavy atom. The van der Waals surface area contributed by atoms with Gasteiger partial charge in [0.25, 0.3) is 0 Å². The van der Waals surface area contributed by atoms with Crippen LogP contribution in [-0.2, 0) is 20.7 Å². The van der Waals surface area contributed by atoms with E-state index < -0.39 is 23.7 Å². The third-order valence-electron chi connectivity index (χ3n) is 3.57. The molecular weight excluding hydrogens is 306 g/mol. The molecule has 4 N–H and O–H groups in total. The molecule has 0 aliphatic carbocycles. The van der Waals surface area contributed by atoms with Crippen molar-refractivity contribution in [1.82, 2.24) is 10.3 Å². The van der Waals surface area contributed by atoms with Crippen LogP contribution in [0.1, 0.15) is 33.3 Å². The number of rotatable bonds is 5. The van der Waals surface area contributed by atoms with Gasteiger partial charge in [-0.1, -0.05) is 18.2 Å². The van der Waals surface area contributed by atoms with Crippen LogP contribution in [-0.4, -0.2) is 34.5 Å². The molecule has 2 aromatic rings. The smallest absolute Gasteiger partial charge is 0.328 e. The number of aromatic nitrogens is 1. The number of fused-ring (bicyclic) bond motifs is 1. The van der Waals surface area contributed by atoms with Crippen LogP contribution in [0.15, 0.2) is 30.5 Å². The number of ether oxygens (including phenoxy) is 1. The van der Waals surface area contributed by atoms with E-state index in [1.807, 2.05) is 30.5 Å². The van der Waals surface area contributed by atoms with Crippen molar-refractivity contribution >= 4 is 22.8 Å². The molecule has 0 fully saturated rings. The van der Waals surface area contributed by atoms with Gasteiger partial charge in [0, 0.05) is 17.1 Å². The van der Waals surface area contributed by atoms with Crippen LogP contribution >= 0.6 is 0 Å². The number of carbonyl (C=O) groups is 2. The Bertz CT molecular complexity index is 730. The fourth-order valence-corrected chi connectivity index (χ4v) is 2.40. The molecule has 6 nitrogen and oxygen atoms in total. The number of hydrogen-bond acceptors (Lipinski definition) is 4. The molecule has 24 heavy (non-hydrogen) atoms. The molecule has 0 saturated carbocycles. The lowest BCUT2D eigenvalue weighted by Crippen LogP contribution is -2.49. The summed E-state index contributed by atoms with van der Waals surface area (Å²) >= 11 is 0. The number of esters is 1. The van der Waals surface area contributed by atoms with E-state index >= 15 is 0 Å². The molecule has 130 valence electrons. The first-order valence-electron chi connectivity index (χ1n) is 8.01. The summed E-state index contributed by atoms with van der Waals surface area (Å²) in [6.45, 7) is 6.93. The van der Waals surface area contributed by atoms with Crippen molar-refractivity contribution in [2.24, 2.45) is 5.73 Å². The van der Waals surface area contributed by atoms with Crippen LogP contribution in [0.4, 0.5) is 0 Å². The van der Waals surface area contributed by atoms with Crippen LogP contribution in [0.3, 0.4) is 0 Å². The molecule has 2 atom stereocenters. The van der Waals surface area contributed by atoms with E-state index in [0.717, 1.165) is 16.5 Å². The summed E-state index contributed by atoms with van der Waals surface area (Å²) in [5.74, 6) is -0.853. The number of amides is 1. The number of nitrogens with two attached hydrogens (primary N) is 1. The van der Waals surface area contributed by atoms with Crippen molar-refractivity contribution in [3.05, 3.63) is 36.0 Å². The lowest BCUT2D eigenvalue weighted by atomic mass is 10.0. The van der Waals surface area contributed by atoms with E-state index in [1.54, 1.807) is 27.7 Å². The number of para-hydroxylation sites is 1. The zero-order valence-electron chi connectivity index (χ0n) is 14.6. The summed E-state index contributed by atoms with van der Waals surface area (Å²) in [6.07, 6.45) is 2.24. The standard InChI is InChI=1S/C18H25N3O3/c1-11(17(23)24-18(2,3)4)21-16(22)14(19)9-12-10-20-15-8-6-5-7-13(12)15/h5-8,10-11,14,20H,9,19H2,1-4H3,(H,21,22)/t11-,14-/m0/s1. The minimum atomic E-state index is -0.745. The number of benzene rings is 1. The van der Waals surface area contributed by atoms with Gasteiger partial charge in [0.1, 0.15) is 11.6 Å². The molecule has 2 rings (SSSR count). The molecule has 0 bridgehead atoms. The van der Waals surface area contributed by atoms with Crippen LogP contribution in [0.2, 0.25) is 0 Å². The molecule has 1 aromatic carbocycles. The molecular formula is C18H25N3O3. The summed E-state index contributed by atoms with van der Waals surface area (Å²) in [6, 6.07) is 6.34. The average molecular weight is 331 g/mol. The highest BCUT2D eigenvalue weighted by atomic mass is 16.6. The molecule has 1 aromatic heterocycles. The molecule has 6 heteroatoms. The Labute approximate surface area is 141 Å². The Morgan fingerprint density at radius 3 is 2.62 bits per heavy atom. The minimum Gasteiger partial charge on any atom is -0.458 e. The van der Waals surface area contributed by atoms with E-state index in [2.05, 4.69) is 10.3 Å². The highest BCUT2D eigenvalue weighted by Gasteiger charge is 2.25. The zero-order valence-corrected chi connectivity index (χ0v) is 14.6. The highest BCUT2D eigenvalue weighted by molar-refractivity contribution is 5.89. The maximum absolute atomic E-state index is 12.2. The zero-order chi connectivity index (χ0) is 17.9. The average Bonchev–Trinajstić information content (AvgIpc) is 2.88. The number of hydrogen-bond donors (Lipinski definition) is 3. The predicted molar refractivity (Wildman–Crippen MR) is 93.4 cm³/mol. The Morgan fingerprint density at radius 1 is 1.29 bits per heavy atom. The van der Waals surface area contributed by atoms with E-state index in [9.17, 15) is 9.59 Å². The van der Waals surface area contributed by atoms with Gasteiger partial charge in [-0.15, -0.1) is 0 Å². The van der Waals surface area contributed by atoms with Crippen LogP contribution in [0, 0.1) is 0 Å². The summed E-state index contributed by atoms with van der Waals surface area (Å²) in [7, 11) is 0. The number of H-pyrrole nitrogens is 1. The second kappa shape index (κ2) is 7.05. The number of nitrogens with one attached hydrogen (secondary N) is 2. The molecule has 0 radical (unpaired) electrons. The van der Waals surface area contributed by atoms with Gasteiger partial charge in [-0.25, -0.2) is 4.79 Å². The van der Waals surface area contributed by atoms with Crippen molar-refractivity contribution in [1.29, 1.82) is 0 Å². The van der Waals surface area contributed by atoms with E-state index in [4.69, 9.17) is 10.5 Å². The first-order chi connectivity index (χ1) is 11.2. The predicted octanol–water partition coefficient (Wildman–Crippen LogP) is 1.88. The molecule has 0 saturated heterocycles. The minimum absolute atomic E-state index is 0.376. The van der Waals surface area contributed by atoms with Crippen molar-refractivity contribution in [2.45, 2.75) is 51.8 Å². The van der Waals surface area contributed by atoms with Gasteiger partial charge in [-0.3, -0.25) is 4.79 Å². The largest absolute Gasteiger partial charge is 0.458 e. The monoisotopic (exact) mass is 331 g/mol. The first kappa shape index (κ1) is 18.0. The van der Waals surface area contributed by atoms with Crippen LogP contribution < -0.4 is 11.1 Å². The van der Waals surface area contributed by atoms with Crippen LogP contribution in [0.5, 0.6) is 0 Å². The Kier molecular flexibility index (Phi) is 5.29. The second-order valence-corrected chi connectivity index (χ2v) is 6.93. The Hall–Kier alpha value is -2.34. The molecule has 0 aliphatic heterocycles. The number of aromatic amines is 1. The first-order valence-corrected chi connectivity index (χ1v) is 8.01. The van der Waals surface area contributed by atoms with Crippen molar-refractivity contribution in [3.63, 3.8) is 0 Å². The van der Waals surface area contributed by atoms with E-state index in [0.29, 0.717) is 6.42 Å². The lowest BCUT2D eigenvalue weighted by molar-refractivity contribution is -0.158. The lowest BCUT2D eigenvalue weighted by Gasteiger charge is -2.23. The summed E-state index contributed by atoms with van der Waals surface area (Å²) < 4.78 is 5.24. The summed E-state index contributed by atoms with van der Waals surface area (Å²) in [4.78, 5) is 27.3. The molecule has 0 unspecified atom stereocenters. The van der Waals surface area contributed by atoms with Crippen LogP contribution in [0.25, 0.3) is 10.9 Å². The molecule has 1 amide bonds. The Balaban J connectivity index is 1.96. The maximum atomic E-state index is 12.2. The highest BCUT2D eigenvalue weighted by Crippen LogP contribution is 2.18. The van der Waals surface area contributed by atoms with E-state index in [1.165, 1.54) is 0 Å². The third kappa shape index (κ3) is 4.58. The van der Waals surface area contributed by atoms with Crippen molar-refractivity contribution in [3.8, 4) is 0 Å². The SMILES string of the molecule is C[C@H](NC(=O)[C@@H](N)Cc1c[nH]c2ccccc12)C(=O)OC(C)(C)C. The maximum Gasteiger partial charge on any atom is 0.328 e. The number of carbonyl (C=O) groups excluding carboxylic acids is 2.